The summed E-state index contributed by atoms with van der Waals surface area (Å²) in [6.07, 6.45) is 4.46. The molecule has 0 radical (unpaired) electrons. The lowest BCUT2D eigenvalue weighted by molar-refractivity contribution is -0.122. The van der Waals surface area contributed by atoms with E-state index in [0.717, 1.165) is 25.7 Å². The van der Waals surface area contributed by atoms with Gasteiger partial charge in [-0.1, -0.05) is 0 Å². The molecule has 0 bridgehead atoms. The lowest BCUT2D eigenvalue weighted by Crippen LogP contribution is -2.38. The highest BCUT2D eigenvalue weighted by atomic mass is 16.5. The Balaban J connectivity index is 2.15. The molecule has 0 aromatic rings. The van der Waals surface area contributed by atoms with Crippen molar-refractivity contribution in [3.8, 4) is 0 Å². The van der Waals surface area contributed by atoms with E-state index in [0.29, 0.717) is 25.0 Å². The van der Waals surface area contributed by atoms with Crippen molar-refractivity contribution in [3.05, 3.63) is 0 Å². The number of methoxy groups -OCH3 is 1. The highest BCUT2D eigenvalue weighted by Gasteiger charge is 2.21. The Morgan fingerprint density at radius 3 is 2.60 bits per heavy atom. The van der Waals surface area contributed by atoms with Crippen LogP contribution in [0.1, 0.15) is 32.1 Å². The van der Waals surface area contributed by atoms with Crippen LogP contribution >= 0.6 is 0 Å². The number of aliphatic hydroxyl groups is 1. The molecule has 0 spiro atoms. The van der Waals surface area contributed by atoms with E-state index in [-0.39, 0.29) is 12.5 Å². The fraction of sp³-hybridized carbons (Fsp3) is 0.909. The van der Waals surface area contributed by atoms with Gasteiger partial charge in [0.1, 0.15) is 0 Å². The summed E-state index contributed by atoms with van der Waals surface area (Å²) in [7, 11) is 1.60. The molecular weight excluding hydrogens is 194 g/mol. The lowest BCUT2D eigenvalue weighted by Gasteiger charge is -2.27. The van der Waals surface area contributed by atoms with Crippen LogP contribution in [-0.4, -0.2) is 37.4 Å². The molecule has 1 saturated carbocycles. The van der Waals surface area contributed by atoms with Gasteiger partial charge in [-0.25, -0.2) is 0 Å². The molecule has 2 N–H and O–H groups in total. The molecule has 1 aliphatic rings. The number of ether oxygens (including phenoxy) is 1. The van der Waals surface area contributed by atoms with Crippen LogP contribution in [-0.2, 0) is 9.53 Å². The molecule has 0 heterocycles. The van der Waals surface area contributed by atoms with Gasteiger partial charge in [-0.2, -0.15) is 0 Å². The van der Waals surface area contributed by atoms with Crippen LogP contribution < -0.4 is 5.32 Å². The van der Waals surface area contributed by atoms with Crippen molar-refractivity contribution in [1.82, 2.24) is 5.32 Å². The van der Waals surface area contributed by atoms with Crippen molar-refractivity contribution >= 4 is 5.91 Å². The maximum atomic E-state index is 11.4. The molecule has 0 unspecified atom stereocenters. The third-order valence-electron chi connectivity index (χ3n) is 3.00. The first-order valence-electron chi connectivity index (χ1n) is 5.65. The quantitative estimate of drug-likeness (QED) is 0.709. The molecule has 0 aliphatic heterocycles. The van der Waals surface area contributed by atoms with Crippen LogP contribution in [0, 0.1) is 5.92 Å². The van der Waals surface area contributed by atoms with E-state index >= 15 is 0 Å². The second-order valence-corrected chi connectivity index (χ2v) is 4.21. The molecule has 88 valence electrons. The van der Waals surface area contributed by atoms with Crippen molar-refractivity contribution in [1.29, 1.82) is 0 Å². The summed E-state index contributed by atoms with van der Waals surface area (Å²) in [6, 6.07) is 0.303. The zero-order chi connectivity index (χ0) is 11.1. The van der Waals surface area contributed by atoms with Crippen molar-refractivity contribution in [2.75, 3.05) is 20.3 Å². The van der Waals surface area contributed by atoms with E-state index < -0.39 is 0 Å². The van der Waals surface area contributed by atoms with Crippen molar-refractivity contribution in [2.45, 2.75) is 38.1 Å². The molecule has 1 aliphatic carbocycles. The maximum absolute atomic E-state index is 11.4. The topological polar surface area (TPSA) is 58.6 Å². The normalized spacial score (nSPS) is 26.3. The molecule has 4 heteroatoms. The van der Waals surface area contributed by atoms with Gasteiger partial charge < -0.3 is 15.2 Å². The summed E-state index contributed by atoms with van der Waals surface area (Å²) in [5, 5.41) is 12.0. The van der Waals surface area contributed by atoms with E-state index in [1.165, 1.54) is 0 Å². The van der Waals surface area contributed by atoms with Gasteiger partial charge in [-0.05, 0) is 31.6 Å². The van der Waals surface area contributed by atoms with Gasteiger partial charge in [0.05, 0.1) is 6.61 Å². The summed E-state index contributed by atoms with van der Waals surface area (Å²) in [5.74, 6) is 0.515. The minimum atomic E-state index is 0.0734. The maximum Gasteiger partial charge on any atom is 0.222 e. The Labute approximate surface area is 91.0 Å². The number of amides is 1. The van der Waals surface area contributed by atoms with Crippen LogP contribution in [0.5, 0.6) is 0 Å². The Hall–Kier alpha value is -0.610. The fourth-order valence-corrected chi connectivity index (χ4v) is 1.98. The Morgan fingerprint density at radius 2 is 2.07 bits per heavy atom. The monoisotopic (exact) mass is 215 g/mol. The second kappa shape index (κ2) is 6.80. The lowest BCUT2D eigenvalue weighted by atomic mass is 9.86. The van der Waals surface area contributed by atoms with Crippen LogP contribution in [0.2, 0.25) is 0 Å². The minimum Gasteiger partial charge on any atom is -0.396 e. The number of carbonyl (C=O) groups excluding carboxylic acids is 1. The standard InChI is InChI=1S/C11H21NO3/c1-15-7-6-11(14)12-10-4-2-9(8-13)3-5-10/h9-10,13H,2-8H2,1H3,(H,12,14). The van der Waals surface area contributed by atoms with Crippen LogP contribution in [0.15, 0.2) is 0 Å². The molecular formula is C11H21NO3. The van der Waals surface area contributed by atoms with E-state index in [4.69, 9.17) is 9.84 Å². The number of rotatable bonds is 5. The molecule has 0 aromatic carbocycles. The van der Waals surface area contributed by atoms with Gasteiger partial charge in [0.15, 0.2) is 0 Å². The Kier molecular flexibility index (Phi) is 5.65. The van der Waals surface area contributed by atoms with Gasteiger partial charge in [0.25, 0.3) is 0 Å². The van der Waals surface area contributed by atoms with Crippen molar-refractivity contribution in [2.24, 2.45) is 5.92 Å². The van der Waals surface area contributed by atoms with E-state index in [1.54, 1.807) is 7.11 Å². The highest BCUT2D eigenvalue weighted by Crippen LogP contribution is 2.23. The van der Waals surface area contributed by atoms with Gasteiger partial charge in [0, 0.05) is 26.2 Å². The van der Waals surface area contributed by atoms with Gasteiger partial charge in [-0.3, -0.25) is 4.79 Å². The van der Waals surface area contributed by atoms with Crippen molar-refractivity contribution in [3.63, 3.8) is 0 Å². The summed E-state index contributed by atoms with van der Waals surface area (Å²) in [5.41, 5.74) is 0. The number of carbonyl (C=O) groups is 1. The molecule has 4 nitrogen and oxygen atoms in total. The largest absolute Gasteiger partial charge is 0.396 e. The van der Waals surface area contributed by atoms with E-state index in [1.807, 2.05) is 0 Å². The molecule has 0 saturated heterocycles. The highest BCUT2D eigenvalue weighted by molar-refractivity contribution is 5.76. The van der Waals surface area contributed by atoms with E-state index in [9.17, 15) is 4.79 Å². The average molecular weight is 215 g/mol. The SMILES string of the molecule is COCCC(=O)NC1CCC(CO)CC1. The summed E-state index contributed by atoms with van der Waals surface area (Å²) in [4.78, 5) is 11.4. The summed E-state index contributed by atoms with van der Waals surface area (Å²) >= 11 is 0. The first-order valence-corrected chi connectivity index (χ1v) is 5.65. The third kappa shape index (κ3) is 4.62. The number of aliphatic hydroxyl groups excluding tert-OH is 1. The second-order valence-electron chi connectivity index (χ2n) is 4.21. The molecule has 1 amide bonds. The summed E-state index contributed by atoms with van der Waals surface area (Å²) in [6.45, 7) is 0.766. The Morgan fingerprint density at radius 1 is 1.40 bits per heavy atom. The predicted octanol–water partition coefficient (Wildman–Crippen LogP) is 0.690. The first kappa shape index (κ1) is 12.5. The zero-order valence-corrected chi connectivity index (χ0v) is 9.37. The smallest absolute Gasteiger partial charge is 0.222 e. The zero-order valence-electron chi connectivity index (χ0n) is 9.37. The van der Waals surface area contributed by atoms with Gasteiger partial charge in [0.2, 0.25) is 5.91 Å². The molecule has 15 heavy (non-hydrogen) atoms. The van der Waals surface area contributed by atoms with Crippen LogP contribution in [0.4, 0.5) is 0 Å². The molecule has 0 aromatic heterocycles. The third-order valence-corrected chi connectivity index (χ3v) is 3.00. The number of hydrogen-bond acceptors (Lipinski definition) is 3. The number of hydrogen-bond donors (Lipinski definition) is 2. The molecule has 1 fully saturated rings. The van der Waals surface area contributed by atoms with Gasteiger partial charge in [-0.15, -0.1) is 0 Å². The fourth-order valence-electron chi connectivity index (χ4n) is 1.98. The van der Waals surface area contributed by atoms with E-state index in [2.05, 4.69) is 5.32 Å². The van der Waals surface area contributed by atoms with Crippen LogP contribution in [0.3, 0.4) is 0 Å². The minimum absolute atomic E-state index is 0.0734. The molecule has 0 atom stereocenters. The summed E-state index contributed by atoms with van der Waals surface area (Å²) < 4.78 is 4.84. The average Bonchev–Trinajstić information content (AvgIpc) is 2.27. The molecule has 1 rings (SSSR count). The van der Waals surface area contributed by atoms with Crippen molar-refractivity contribution < 1.29 is 14.6 Å². The predicted molar refractivity (Wildman–Crippen MR) is 57.5 cm³/mol. The first-order chi connectivity index (χ1) is 7.26. The van der Waals surface area contributed by atoms with Gasteiger partial charge >= 0.3 is 0 Å². The van der Waals surface area contributed by atoms with Crippen LogP contribution in [0.25, 0.3) is 0 Å². The number of nitrogens with one attached hydrogen (secondary N) is 1. The Bertz CT molecular complexity index is 188.